The summed E-state index contributed by atoms with van der Waals surface area (Å²) in [6.45, 7) is 3.93. The van der Waals surface area contributed by atoms with Crippen LogP contribution in [-0.2, 0) is 4.79 Å². The first kappa shape index (κ1) is 13.2. The van der Waals surface area contributed by atoms with Gasteiger partial charge in [0.1, 0.15) is 5.78 Å². The maximum atomic E-state index is 11.0. The highest BCUT2D eigenvalue weighted by molar-refractivity contribution is 5.89. The van der Waals surface area contributed by atoms with E-state index >= 15 is 0 Å². The number of nitrogens with zero attached hydrogens (tertiary/aromatic N) is 2. The first-order valence-corrected chi connectivity index (χ1v) is 6.26. The molecule has 0 radical (unpaired) electrons. The van der Waals surface area contributed by atoms with E-state index in [1.54, 1.807) is 6.92 Å². The van der Waals surface area contributed by atoms with Gasteiger partial charge in [0.25, 0.3) is 0 Å². The van der Waals surface area contributed by atoms with Gasteiger partial charge in [-0.15, -0.1) is 0 Å². The van der Waals surface area contributed by atoms with E-state index in [9.17, 15) is 4.79 Å². The number of hydrogen-bond acceptors (Lipinski definition) is 3. The van der Waals surface area contributed by atoms with E-state index in [2.05, 4.69) is 12.0 Å². The van der Waals surface area contributed by atoms with Gasteiger partial charge in [0.05, 0.1) is 0 Å². The molecule has 0 unspecified atom stereocenters. The molecular weight excluding hydrogens is 200 g/mol. The molecule has 1 fully saturated rings. The van der Waals surface area contributed by atoms with E-state index in [0.717, 1.165) is 6.42 Å². The lowest BCUT2D eigenvalue weighted by atomic mass is 9.78. The minimum atomic E-state index is 0.294. The molecule has 2 atom stereocenters. The largest absolute Gasteiger partial charge is 0.303 e. The Morgan fingerprint density at radius 3 is 2.69 bits per heavy atom. The molecule has 0 spiro atoms. The van der Waals surface area contributed by atoms with Gasteiger partial charge in [-0.25, -0.2) is 0 Å². The molecule has 0 N–H and O–H groups in total. The predicted octanol–water partition coefficient (Wildman–Crippen LogP) is 2.71. The summed E-state index contributed by atoms with van der Waals surface area (Å²) in [7, 11) is 3.94. The van der Waals surface area contributed by atoms with Crippen molar-refractivity contribution in [2.24, 2.45) is 16.9 Å². The molecule has 0 heterocycles. The van der Waals surface area contributed by atoms with Gasteiger partial charge in [-0.2, -0.15) is 5.10 Å². The van der Waals surface area contributed by atoms with Crippen molar-refractivity contribution in [2.45, 2.75) is 46.0 Å². The third-order valence-electron chi connectivity index (χ3n) is 3.27. The molecule has 92 valence electrons. The fraction of sp³-hybridized carbons (Fsp3) is 0.846. The molecule has 3 heteroatoms. The second-order valence-corrected chi connectivity index (χ2v) is 5.14. The van der Waals surface area contributed by atoms with Crippen LogP contribution in [0.1, 0.15) is 46.0 Å². The van der Waals surface area contributed by atoms with Gasteiger partial charge < -0.3 is 9.80 Å². The van der Waals surface area contributed by atoms with Crippen molar-refractivity contribution < 1.29 is 4.79 Å². The zero-order chi connectivity index (χ0) is 12.1. The Kier molecular flexibility index (Phi) is 4.97. The SMILES string of the molecule is CC(=O)CC[C@H]1CCC[C@H](C)/C1=N\N(C)C. The standard InChI is InChI=1S/C13H24N2O/c1-10-6-5-7-12(9-8-11(2)16)13(10)14-15(3)4/h10,12H,5-9H2,1-4H3/b14-13+/t10-,12+/m0/s1. The van der Waals surface area contributed by atoms with Crippen LogP contribution in [0.2, 0.25) is 0 Å². The summed E-state index contributed by atoms with van der Waals surface area (Å²) in [4.78, 5) is 11.0. The van der Waals surface area contributed by atoms with Crippen LogP contribution in [0, 0.1) is 11.8 Å². The highest BCUT2D eigenvalue weighted by atomic mass is 16.1. The molecule has 1 aliphatic carbocycles. The molecular formula is C13H24N2O. The number of hydrazone groups is 1. The molecule has 0 aromatic heterocycles. The Balaban J connectivity index is 2.67. The molecule has 0 aromatic rings. The van der Waals surface area contributed by atoms with Gasteiger partial charge in [-0.3, -0.25) is 0 Å². The number of hydrogen-bond donors (Lipinski definition) is 0. The molecule has 0 aliphatic heterocycles. The van der Waals surface area contributed by atoms with Gasteiger partial charge in [0, 0.05) is 26.2 Å². The Labute approximate surface area is 98.9 Å². The third kappa shape index (κ3) is 3.95. The van der Waals surface area contributed by atoms with E-state index in [1.165, 1.54) is 25.0 Å². The molecule has 1 aliphatic rings. The number of ketones is 1. The van der Waals surface area contributed by atoms with Crippen molar-refractivity contribution in [3.8, 4) is 0 Å². The summed E-state index contributed by atoms with van der Waals surface area (Å²) >= 11 is 0. The number of carbonyl (C=O) groups is 1. The second kappa shape index (κ2) is 6.02. The molecule has 1 rings (SSSR count). The van der Waals surface area contributed by atoms with Gasteiger partial charge in [-0.05, 0) is 38.0 Å². The minimum absolute atomic E-state index is 0.294. The summed E-state index contributed by atoms with van der Waals surface area (Å²) in [5, 5.41) is 6.50. The fourth-order valence-electron chi connectivity index (χ4n) is 2.45. The normalized spacial score (nSPS) is 28.1. The van der Waals surface area contributed by atoms with Crippen molar-refractivity contribution in [2.75, 3.05) is 14.1 Å². The van der Waals surface area contributed by atoms with Crippen LogP contribution in [0.5, 0.6) is 0 Å². The lowest BCUT2D eigenvalue weighted by molar-refractivity contribution is -0.117. The van der Waals surface area contributed by atoms with Crippen LogP contribution in [0.4, 0.5) is 0 Å². The molecule has 16 heavy (non-hydrogen) atoms. The second-order valence-electron chi connectivity index (χ2n) is 5.14. The Bertz CT molecular complexity index is 271. The highest BCUT2D eigenvalue weighted by Crippen LogP contribution is 2.29. The smallest absolute Gasteiger partial charge is 0.129 e. The van der Waals surface area contributed by atoms with E-state index < -0.39 is 0 Å². The van der Waals surface area contributed by atoms with E-state index in [1.807, 2.05) is 19.1 Å². The summed E-state index contributed by atoms with van der Waals surface area (Å²) in [6.07, 6.45) is 5.39. The van der Waals surface area contributed by atoms with Crippen LogP contribution < -0.4 is 0 Å². The number of carbonyl (C=O) groups excluding carboxylic acids is 1. The molecule has 1 saturated carbocycles. The lowest BCUT2D eigenvalue weighted by Crippen LogP contribution is -2.29. The molecule has 0 saturated heterocycles. The first-order valence-electron chi connectivity index (χ1n) is 6.26. The van der Waals surface area contributed by atoms with Crippen LogP contribution in [0.3, 0.4) is 0 Å². The Morgan fingerprint density at radius 2 is 2.12 bits per heavy atom. The highest BCUT2D eigenvalue weighted by Gasteiger charge is 2.26. The van der Waals surface area contributed by atoms with Gasteiger partial charge in [0.2, 0.25) is 0 Å². The average molecular weight is 224 g/mol. The summed E-state index contributed by atoms with van der Waals surface area (Å²) in [5.74, 6) is 1.39. The number of rotatable bonds is 4. The summed E-state index contributed by atoms with van der Waals surface area (Å²) in [5.41, 5.74) is 1.30. The molecule has 0 bridgehead atoms. The molecule has 0 aromatic carbocycles. The molecule has 0 amide bonds. The van der Waals surface area contributed by atoms with E-state index in [4.69, 9.17) is 0 Å². The lowest BCUT2D eigenvalue weighted by Gasteiger charge is -2.30. The van der Waals surface area contributed by atoms with Crippen molar-refractivity contribution in [1.29, 1.82) is 0 Å². The Hall–Kier alpha value is -0.860. The fourth-order valence-corrected chi connectivity index (χ4v) is 2.45. The summed E-state index contributed by atoms with van der Waals surface area (Å²) in [6, 6.07) is 0. The van der Waals surface area contributed by atoms with Crippen LogP contribution >= 0.6 is 0 Å². The van der Waals surface area contributed by atoms with Crippen molar-refractivity contribution in [1.82, 2.24) is 5.01 Å². The van der Waals surface area contributed by atoms with E-state index in [0.29, 0.717) is 24.0 Å². The average Bonchev–Trinajstić information content (AvgIpc) is 2.18. The topological polar surface area (TPSA) is 32.7 Å². The van der Waals surface area contributed by atoms with Crippen LogP contribution in [0.25, 0.3) is 0 Å². The predicted molar refractivity (Wildman–Crippen MR) is 67.5 cm³/mol. The maximum absolute atomic E-state index is 11.0. The van der Waals surface area contributed by atoms with Gasteiger partial charge in [-0.1, -0.05) is 13.3 Å². The van der Waals surface area contributed by atoms with Crippen molar-refractivity contribution >= 4 is 11.5 Å². The van der Waals surface area contributed by atoms with Crippen molar-refractivity contribution in [3.63, 3.8) is 0 Å². The summed E-state index contributed by atoms with van der Waals surface area (Å²) < 4.78 is 0. The third-order valence-corrected chi connectivity index (χ3v) is 3.27. The molecule has 3 nitrogen and oxygen atoms in total. The monoisotopic (exact) mass is 224 g/mol. The Morgan fingerprint density at radius 1 is 1.44 bits per heavy atom. The van der Waals surface area contributed by atoms with Crippen LogP contribution in [-0.4, -0.2) is 30.6 Å². The zero-order valence-corrected chi connectivity index (χ0v) is 11.0. The van der Waals surface area contributed by atoms with E-state index in [-0.39, 0.29) is 0 Å². The minimum Gasteiger partial charge on any atom is -0.303 e. The maximum Gasteiger partial charge on any atom is 0.129 e. The van der Waals surface area contributed by atoms with Gasteiger partial charge in [0.15, 0.2) is 0 Å². The zero-order valence-electron chi connectivity index (χ0n) is 11.0. The quantitative estimate of drug-likeness (QED) is 0.688. The van der Waals surface area contributed by atoms with Crippen molar-refractivity contribution in [3.05, 3.63) is 0 Å². The van der Waals surface area contributed by atoms with Gasteiger partial charge >= 0.3 is 0 Å². The van der Waals surface area contributed by atoms with Crippen LogP contribution in [0.15, 0.2) is 5.10 Å². The number of Topliss-reactive ketones (excluding diaryl/α,β-unsaturated/α-hetero) is 1. The first-order chi connectivity index (χ1) is 7.50.